The molecule has 0 heterocycles. The van der Waals surface area contributed by atoms with Crippen LogP contribution in [-0.2, 0) is 19.1 Å². The molecule has 27 heavy (non-hydrogen) atoms. The molecule has 1 unspecified atom stereocenters. The van der Waals surface area contributed by atoms with Gasteiger partial charge in [-0.2, -0.15) is 0 Å². The Labute approximate surface area is 187 Å². The van der Waals surface area contributed by atoms with Crippen molar-refractivity contribution in [2.45, 2.75) is 52.2 Å². The number of esters is 2. The molecule has 0 aliphatic heterocycles. The average molecular weight is 410 g/mol. The zero-order chi connectivity index (χ0) is 19.4. The van der Waals surface area contributed by atoms with E-state index in [9.17, 15) is 14.4 Å². The minimum absolute atomic E-state index is 0. The minimum Gasteiger partial charge on any atom is -1.00 e. The number of halogens is 1. The standard InChI is InChI=1S/C18H24ClNO6.Na.H/c1-3-6-17(25-15(21)4-2)26-18(23)20-12-5-7-16(22)24-14-10-8-13(19)9-11-14;;/h8-11,17H,3-7,12H2,1-2H3,(H,20,23);;/q;+1;-1. The monoisotopic (exact) mass is 409 g/mol. The number of carbonyl (C=O) groups is 3. The van der Waals surface area contributed by atoms with E-state index < -0.39 is 24.3 Å². The number of hydrogen-bond donors (Lipinski definition) is 1. The molecule has 1 rings (SSSR count). The first-order valence-electron chi connectivity index (χ1n) is 8.54. The van der Waals surface area contributed by atoms with Crippen molar-refractivity contribution < 1.29 is 59.6 Å². The van der Waals surface area contributed by atoms with Gasteiger partial charge in [-0.05, 0) is 37.1 Å². The summed E-state index contributed by atoms with van der Waals surface area (Å²) in [7, 11) is 0. The summed E-state index contributed by atoms with van der Waals surface area (Å²) in [6.07, 6.45) is 0.251. The summed E-state index contributed by atoms with van der Waals surface area (Å²) in [6.45, 7) is 3.78. The van der Waals surface area contributed by atoms with Gasteiger partial charge in [0.2, 0.25) is 6.29 Å². The van der Waals surface area contributed by atoms with Gasteiger partial charge in [0.25, 0.3) is 0 Å². The molecule has 0 saturated heterocycles. The molecule has 1 aromatic carbocycles. The second-order valence-electron chi connectivity index (χ2n) is 5.43. The number of rotatable bonds is 10. The Balaban J connectivity index is 0. The molecule has 0 bridgehead atoms. The van der Waals surface area contributed by atoms with E-state index in [2.05, 4.69) is 5.32 Å². The molecule has 0 aromatic heterocycles. The Morgan fingerprint density at radius 2 is 1.78 bits per heavy atom. The molecular formula is C18H25ClNNaO6. The van der Waals surface area contributed by atoms with Gasteiger partial charge in [0.15, 0.2) is 0 Å². The zero-order valence-corrected chi connectivity index (χ0v) is 18.7. The van der Waals surface area contributed by atoms with E-state index in [-0.39, 0.29) is 50.4 Å². The van der Waals surface area contributed by atoms with Crippen molar-refractivity contribution in [1.29, 1.82) is 0 Å². The molecule has 1 amide bonds. The van der Waals surface area contributed by atoms with Crippen LogP contribution in [0.1, 0.15) is 47.4 Å². The van der Waals surface area contributed by atoms with Gasteiger partial charge < -0.3 is 21.0 Å². The number of alkyl carbamates (subject to hydrolysis) is 1. The van der Waals surface area contributed by atoms with Crippen molar-refractivity contribution in [2.75, 3.05) is 6.54 Å². The van der Waals surface area contributed by atoms with E-state index in [0.29, 0.717) is 30.0 Å². The van der Waals surface area contributed by atoms with Crippen LogP contribution in [0.15, 0.2) is 24.3 Å². The molecule has 1 aromatic rings. The minimum atomic E-state index is -0.901. The fourth-order valence-corrected chi connectivity index (χ4v) is 2.00. The molecule has 0 spiro atoms. The number of nitrogens with one attached hydrogen (secondary N) is 1. The van der Waals surface area contributed by atoms with Crippen molar-refractivity contribution in [3.8, 4) is 5.75 Å². The van der Waals surface area contributed by atoms with Gasteiger partial charge in [0.1, 0.15) is 5.75 Å². The Morgan fingerprint density at radius 1 is 1.11 bits per heavy atom. The van der Waals surface area contributed by atoms with Gasteiger partial charge in [-0.25, -0.2) is 4.79 Å². The summed E-state index contributed by atoms with van der Waals surface area (Å²) in [5, 5.41) is 3.07. The Bertz CT molecular complexity index is 602. The molecule has 0 radical (unpaired) electrons. The number of carbonyl (C=O) groups excluding carboxylic acids is 3. The second-order valence-corrected chi connectivity index (χ2v) is 5.86. The molecule has 0 fully saturated rings. The third kappa shape index (κ3) is 11.9. The number of benzene rings is 1. The summed E-state index contributed by atoms with van der Waals surface area (Å²) in [6, 6.07) is 6.45. The average Bonchev–Trinajstić information content (AvgIpc) is 2.60. The first kappa shape index (κ1) is 25.7. The molecule has 0 aliphatic rings. The topological polar surface area (TPSA) is 90.9 Å². The maximum Gasteiger partial charge on any atom is 1.00 e. The van der Waals surface area contributed by atoms with E-state index in [1.54, 1.807) is 31.2 Å². The van der Waals surface area contributed by atoms with E-state index in [4.69, 9.17) is 25.8 Å². The first-order chi connectivity index (χ1) is 12.4. The van der Waals surface area contributed by atoms with Gasteiger partial charge in [0, 0.05) is 30.8 Å². The van der Waals surface area contributed by atoms with Crippen LogP contribution in [0.4, 0.5) is 4.79 Å². The summed E-state index contributed by atoms with van der Waals surface area (Å²) < 4.78 is 15.2. The Kier molecular flexibility index (Phi) is 14.0. The van der Waals surface area contributed by atoms with Crippen LogP contribution in [0.25, 0.3) is 0 Å². The van der Waals surface area contributed by atoms with E-state index in [1.807, 2.05) is 6.92 Å². The van der Waals surface area contributed by atoms with Crippen molar-refractivity contribution in [2.24, 2.45) is 0 Å². The molecule has 0 aliphatic carbocycles. The van der Waals surface area contributed by atoms with Crippen molar-refractivity contribution >= 4 is 29.6 Å². The van der Waals surface area contributed by atoms with Crippen LogP contribution >= 0.6 is 11.6 Å². The van der Waals surface area contributed by atoms with Gasteiger partial charge >= 0.3 is 47.6 Å². The Morgan fingerprint density at radius 3 is 2.37 bits per heavy atom. The summed E-state index contributed by atoms with van der Waals surface area (Å²) in [4.78, 5) is 34.7. The molecular weight excluding hydrogens is 385 g/mol. The normalized spacial score (nSPS) is 10.9. The van der Waals surface area contributed by atoms with Crippen LogP contribution in [-0.4, -0.2) is 30.9 Å². The molecule has 7 nitrogen and oxygen atoms in total. The van der Waals surface area contributed by atoms with E-state index in [0.717, 1.165) is 0 Å². The van der Waals surface area contributed by atoms with Crippen LogP contribution in [0.3, 0.4) is 0 Å². The third-order valence-electron chi connectivity index (χ3n) is 3.19. The number of amides is 1. The predicted molar refractivity (Wildman–Crippen MR) is 97.0 cm³/mol. The Hall–Kier alpha value is -1.28. The van der Waals surface area contributed by atoms with Crippen LogP contribution in [0.2, 0.25) is 5.02 Å². The van der Waals surface area contributed by atoms with E-state index >= 15 is 0 Å². The number of ether oxygens (including phenoxy) is 3. The van der Waals surface area contributed by atoms with Gasteiger partial charge in [-0.1, -0.05) is 25.4 Å². The van der Waals surface area contributed by atoms with Gasteiger partial charge in [0.05, 0.1) is 0 Å². The van der Waals surface area contributed by atoms with Gasteiger partial charge in [-0.3, -0.25) is 9.59 Å². The predicted octanol–water partition coefficient (Wildman–Crippen LogP) is 0.948. The van der Waals surface area contributed by atoms with Crippen molar-refractivity contribution in [3.63, 3.8) is 0 Å². The largest absolute Gasteiger partial charge is 1.00 e. The summed E-state index contributed by atoms with van der Waals surface area (Å²) in [5.74, 6) is -0.434. The molecule has 146 valence electrons. The zero-order valence-electron chi connectivity index (χ0n) is 17.0. The maximum atomic E-state index is 11.7. The summed E-state index contributed by atoms with van der Waals surface area (Å²) >= 11 is 5.75. The van der Waals surface area contributed by atoms with Crippen LogP contribution in [0, 0.1) is 0 Å². The van der Waals surface area contributed by atoms with Crippen molar-refractivity contribution in [3.05, 3.63) is 29.3 Å². The number of hydrogen-bond acceptors (Lipinski definition) is 6. The third-order valence-corrected chi connectivity index (χ3v) is 3.44. The fourth-order valence-electron chi connectivity index (χ4n) is 1.88. The first-order valence-corrected chi connectivity index (χ1v) is 8.92. The second kappa shape index (κ2) is 14.7. The van der Waals surface area contributed by atoms with Crippen LogP contribution in [0.5, 0.6) is 5.75 Å². The quantitative estimate of drug-likeness (QED) is 0.203. The smallest absolute Gasteiger partial charge is 1.00 e. The van der Waals surface area contributed by atoms with Gasteiger partial charge in [-0.15, -0.1) is 0 Å². The van der Waals surface area contributed by atoms with E-state index in [1.165, 1.54) is 0 Å². The maximum absolute atomic E-state index is 11.7. The van der Waals surface area contributed by atoms with Crippen LogP contribution < -0.4 is 39.6 Å². The molecule has 9 heteroatoms. The molecule has 1 N–H and O–H groups in total. The summed E-state index contributed by atoms with van der Waals surface area (Å²) in [5.41, 5.74) is 0. The SMILES string of the molecule is CCCC(OC(=O)CC)OC(=O)NCCCC(=O)Oc1ccc(Cl)cc1.[H-].[Na+]. The molecule has 1 atom stereocenters. The fraction of sp³-hybridized carbons (Fsp3) is 0.500. The van der Waals surface area contributed by atoms with Crippen molar-refractivity contribution in [1.82, 2.24) is 5.32 Å². The molecule has 0 saturated carbocycles.